The first kappa shape index (κ1) is 68.1. The van der Waals surface area contributed by atoms with E-state index in [2.05, 4.69) is 46.0 Å². The fourth-order valence-corrected chi connectivity index (χ4v) is 8.69. The summed E-state index contributed by atoms with van der Waals surface area (Å²) >= 11 is 12.0. The molecular weight excluding hydrogens is 1220 g/mol. The molecule has 0 saturated heterocycles. The number of nitrogens with one attached hydrogen (secondary N) is 2. The molecule has 37 heteroatoms. The molecule has 2 radical (unpaired) electrons. The average Bonchev–Trinajstić information content (AvgIpc) is 3.20. The van der Waals surface area contributed by atoms with Crippen molar-refractivity contribution in [2.24, 2.45) is 20.5 Å². The van der Waals surface area contributed by atoms with Gasteiger partial charge >= 0.3 is 118 Å². The number of fused-ring (bicyclic) bond motifs is 2. The van der Waals surface area contributed by atoms with Gasteiger partial charge in [-0.3, -0.25) is 18.2 Å². The first-order chi connectivity index (χ1) is 30.7. The first-order valence-electron chi connectivity index (χ1n) is 17.3. The van der Waals surface area contributed by atoms with Crippen molar-refractivity contribution < 1.29 is 225 Å². The van der Waals surface area contributed by atoms with Crippen LogP contribution < -0.4 is 129 Å². The van der Waals surface area contributed by atoms with E-state index in [1.165, 1.54) is 36.4 Å². The molecule has 25 nitrogen and oxygen atoms in total. The summed E-state index contributed by atoms with van der Waals surface area (Å²) in [6.07, 6.45) is 0. The Hall–Kier alpha value is -1.89. The fourth-order valence-electron chi connectivity index (χ4n) is 5.90. The minimum Gasteiger partial charge on any atom is -0.506 e. The summed E-state index contributed by atoms with van der Waals surface area (Å²) in [6.45, 7) is 0. The molecule has 72 heavy (non-hydrogen) atoms. The Labute approximate surface area is 526 Å². The molecule has 0 fully saturated rings. The molecule has 0 aliphatic carbocycles. The minimum absolute atomic E-state index is 0. The molecule has 0 bridgehead atoms. The van der Waals surface area contributed by atoms with E-state index >= 15 is 0 Å². The molecular formula is C35H23Cl2Cu2N9Na4O16S4+4. The van der Waals surface area contributed by atoms with E-state index in [1.807, 2.05) is 0 Å². The SMILES string of the molecule is O=S(=O)(O)c1ccc(O)c(N=Nc2c(S(=O)(=O)O)cc3cc(Nc4nc(Cl)nc(Nc5ccc6c(O)c(N=Nc7cc(S(=O)(=O)O)cc(Cl)c7O)c(S(=O)(=O)O)cc6c5)n4)ccc3c2O)c1.[Cu].[Cu].[Na+].[Na+].[Na+].[Na+]. The number of aromatic hydroxyl groups is 4. The van der Waals surface area contributed by atoms with Crippen molar-refractivity contribution in [2.75, 3.05) is 10.6 Å². The van der Waals surface area contributed by atoms with Crippen LogP contribution in [0.2, 0.25) is 10.3 Å². The van der Waals surface area contributed by atoms with Crippen molar-refractivity contribution in [3.63, 3.8) is 0 Å². The van der Waals surface area contributed by atoms with E-state index in [9.17, 15) is 72.3 Å². The Morgan fingerprint density at radius 3 is 1.29 bits per heavy atom. The molecule has 0 spiro atoms. The zero-order valence-corrected chi connectivity index (χ0v) is 51.1. The topological polar surface area (TPSA) is 411 Å². The molecule has 0 aliphatic heterocycles. The second-order valence-electron chi connectivity index (χ2n) is 13.2. The number of hydrogen-bond acceptors (Lipinski definition) is 21. The summed E-state index contributed by atoms with van der Waals surface area (Å²) in [5.74, 6) is -3.57. The summed E-state index contributed by atoms with van der Waals surface area (Å²) < 4.78 is 135. The molecule has 1 heterocycles. The number of phenolic OH excluding ortho intramolecular Hbond substituents is 4. The number of azo groups is 2. The van der Waals surface area contributed by atoms with Crippen LogP contribution in [0.1, 0.15) is 0 Å². The molecule has 1 aromatic heterocycles. The maximum absolute atomic E-state index is 12.5. The zero-order chi connectivity index (χ0) is 48.3. The Morgan fingerprint density at radius 2 is 0.875 bits per heavy atom. The molecule has 364 valence electrons. The number of aromatic nitrogens is 3. The van der Waals surface area contributed by atoms with Crippen LogP contribution in [0.25, 0.3) is 21.5 Å². The van der Waals surface area contributed by atoms with Crippen LogP contribution in [0.5, 0.6) is 23.0 Å². The van der Waals surface area contributed by atoms with Crippen LogP contribution in [0, 0.1) is 0 Å². The third-order valence-corrected chi connectivity index (χ3v) is 12.7. The Balaban J connectivity index is 0.00000432. The van der Waals surface area contributed by atoms with Gasteiger partial charge in [-0.2, -0.15) is 48.6 Å². The first-order valence-corrected chi connectivity index (χ1v) is 23.8. The predicted octanol–water partition coefficient (Wildman–Crippen LogP) is -4.38. The Kier molecular flexibility index (Phi) is 25.0. The van der Waals surface area contributed by atoms with Gasteiger partial charge in [0, 0.05) is 56.3 Å². The van der Waals surface area contributed by atoms with E-state index in [4.69, 9.17) is 23.2 Å². The third kappa shape index (κ3) is 15.9. The summed E-state index contributed by atoms with van der Waals surface area (Å²) in [4.78, 5) is 8.75. The number of phenols is 4. The Bertz CT molecular complexity index is 3790. The van der Waals surface area contributed by atoms with Gasteiger partial charge in [0.05, 0.1) is 14.8 Å². The molecule has 0 saturated carbocycles. The van der Waals surface area contributed by atoms with Gasteiger partial charge in [0.15, 0.2) is 17.2 Å². The van der Waals surface area contributed by atoms with Gasteiger partial charge in [-0.15, -0.1) is 20.5 Å². The summed E-state index contributed by atoms with van der Waals surface area (Å²) in [5, 5.41) is 61.5. The number of hydrogen-bond donors (Lipinski definition) is 10. The molecule has 7 aromatic rings. The van der Waals surface area contributed by atoms with Gasteiger partial charge in [0.1, 0.15) is 38.3 Å². The van der Waals surface area contributed by atoms with E-state index < -0.39 is 111 Å². The third-order valence-electron chi connectivity index (χ3n) is 8.85. The minimum atomic E-state index is -5.18. The molecule has 7 rings (SSSR count). The number of halogens is 2. The zero-order valence-electron chi connectivity index (χ0n) is 36.5. The van der Waals surface area contributed by atoms with E-state index in [0.717, 1.165) is 24.3 Å². The van der Waals surface area contributed by atoms with Crippen LogP contribution in [-0.4, -0.2) is 87.3 Å². The van der Waals surface area contributed by atoms with E-state index in [0.29, 0.717) is 18.2 Å². The number of rotatable bonds is 12. The van der Waals surface area contributed by atoms with Gasteiger partial charge in [0.2, 0.25) is 17.2 Å². The van der Waals surface area contributed by atoms with Crippen molar-refractivity contribution in [1.29, 1.82) is 0 Å². The molecule has 6 aromatic carbocycles. The van der Waals surface area contributed by atoms with Gasteiger partial charge in [0.25, 0.3) is 40.5 Å². The smallest absolute Gasteiger partial charge is 0.506 e. The molecule has 0 unspecified atom stereocenters. The van der Waals surface area contributed by atoms with Gasteiger partial charge < -0.3 is 31.1 Å². The van der Waals surface area contributed by atoms with E-state index in [1.54, 1.807) is 0 Å². The van der Waals surface area contributed by atoms with Gasteiger partial charge in [-0.25, -0.2) is 0 Å². The van der Waals surface area contributed by atoms with Crippen LogP contribution in [0.4, 0.5) is 46.0 Å². The normalized spacial score (nSPS) is 11.6. The van der Waals surface area contributed by atoms with Crippen molar-refractivity contribution >= 4 is 131 Å². The number of anilines is 4. The number of benzene rings is 6. The predicted molar refractivity (Wildman–Crippen MR) is 231 cm³/mol. The summed E-state index contributed by atoms with van der Waals surface area (Å²) in [5.41, 5.74) is -2.59. The average molecular weight is 1240 g/mol. The second-order valence-corrected chi connectivity index (χ2v) is 19.6. The quantitative estimate of drug-likeness (QED) is 0.0314. The van der Waals surface area contributed by atoms with Crippen molar-refractivity contribution in [2.45, 2.75) is 19.6 Å². The summed E-state index contributed by atoms with van der Waals surface area (Å²) in [6, 6.07) is 13.4. The maximum atomic E-state index is 12.5. The summed E-state index contributed by atoms with van der Waals surface area (Å²) in [7, 11) is -19.9. The standard InChI is InChI=1S/C35H23Cl2N9O16S4.2Cu.4Na/c36-22-11-19(64(54,55)56)13-24(32(22)50)44-46-29-27(66(60,61)62)10-15-8-17(2-5-21(15)31(29)49)39-35-41-33(37)40-34(42-35)38-16-1-4-20-14(7-16)9-26(65(57,58)59)28(30(20)48)45-43-23-12-18(63(51,52)53)3-6-25(23)47;;;;;;/h1-13,47-50H,(H,51,52,53)(H,54,55,56)(H,57,58,59)(H,60,61,62)(H2,38,39,40,41,42);;;;;;/q;;;4*+1. The molecule has 0 aliphatic rings. The fraction of sp³-hybridized carbons (Fsp3) is 0. The van der Waals surface area contributed by atoms with Crippen LogP contribution in [0.3, 0.4) is 0 Å². The van der Waals surface area contributed by atoms with Crippen molar-refractivity contribution in [1.82, 2.24) is 15.0 Å². The monoisotopic (exact) mass is 1240 g/mol. The van der Waals surface area contributed by atoms with Gasteiger partial charge in [-0.1, -0.05) is 11.6 Å². The van der Waals surface area contributed by atoms with Crippen LogP contribution in [-0.2, 0) is 74.6 Å². The van der Waals surface area contributed by atoms with E-state index in [-0.39, 0.29) is 202 Å². The molecule has 10 N–H and O–H groups in total. The Morgan fingerprint density at radius 1 is 0.458 bits per heavy atom. The number of nitrogens with zero attached hydrogens (tertiary/aromatic N) is 7. The maximum Gasteiger partial charge on any atom is 1.00 e. The van der Waals surface area contributed by atoms with Crippen molar-refractivity contribution in [3.8, 4) is 23.0 Å². The van der Waals surface area contributed by atoms with Gasteiger partial charge in [-0.05, 0) is 101 Å². The second kappa shape index (κ2) is 26.4. The molecule has 0 amide bonds. The molecule has 0 atom stereocenters. The largest absolute Gasteiger partial charge is 1.00 e. The van der Waals surface area contributed by atoms with Crippen LogP contribution >= 0.6 is 23.2 Å². The van der Waals surface area contributed by atoms with Crippen molar-refractivity contribution in [3.05, 3.63) is 89.2 Å². The van der Waals surface area contributed by atoms with Crippen LogP contribution in [0.15, 0.2) is 119 Å².